The highest BCUT2D eigenvalue weighted by molar-refractivity contribution is 14.0. The molecule has 20 heavy (non-hydrogen) atoms. The minimum atomic E-state index is 0. The Balaban J connectivity index is 0.00000361. The molecular formula is C14H27IN4S. The Bertz CT molecular complexity index is 410. The van der Waals surface area contributed by atoms with Crippen molar-refractivity contribution in [2.24, 2.45) is 4.99 Å². The van der Waals surface area contributed by atoms with Gasteiger partial charge in [-0.1, -0.05) is 27.7 Å². The first-order valence-corrected chi connectivity index (χ1v) is 7.82. The summed E-state index contributed by atoms with van der Waals surface area (Å²) < 4.78 is 0. The van der Waals surface area contributed by atoms with Crippen LogP contribution in [0.4, 0.5) is 0 Å². The molecule has 1 aromatic heterocycles. The van der Waals surface area contributed by atoms with E-state index in [1.54, 1.807) is 11.3 Å². The van der Waals surface area contributed by atoms with Crippen molar-refractivity contribution < 1.29 is 0 Å². The lowest BCUT2D eigenvalue weighted by atomic mass is 9.93. The SMILES string of the molecule is CCCNC(=NCc1nc(C(C)(C)C)cs1)NCC.I. The van der Waals surface area contributed by atoms with Crippen molar-refractivity contribution in [3.63, 3.8) is 0 Å². The summed E-state index contributed by atoms with van der Waals surface area (Å²) in [6.45, 7) is 13.2. The van der Waals surface area contributed by atoms with Gasteiger partial charge in [0.15, 0.2) is 5.96 Å². The maximum Gasteiger partial charge on any atom is 0.191 e. The molecule has 1 rings (SSSR count). The van der Waals surface area contributed by atoms with E-state index in [9.17, 15) is 0 Å². The second kappa shape index (κ2) is 9.55. The Kier molecular flexibility index (Phi) is 9.37. The maximum absolute atomic E-state index is 4.65. The first-order chi connectivity index (χ1) is 8.97. The molecule has 0 bridgehead atoms. The third-order valence-electron chi connectivity index (χ3n) is 2.58. The van der Waals surface area contributed by atoms with Crippen molar-refractivity contribution in [2.75, 3.05) is 13.1 Å². The Morgan fingerprint density at radius 1 is 1.30 bits per heavy atom. The Morgan fingerprint density at radius 2 is 2.00 bits per heavy atom. The number of halogens is 1. The summed E-state index contributed by atoms with van der Waals surface area (Å²) in [6, 6.07) is 0. The van der Waals surface area contributed by atoms with E-state index in [1.165, 1.54) is 0 Å². The van der Waals surface area contributed by atoms with Gasteiger partial charge in [0.25, 0.3) is 0 Å². The number of nitrogens with zero attached hydrogens (tertiary/aromatic N) is 2. The smallest absolute Gasteiger partial charge is 0.191 e. The summed E-state index contributed by atoms with van der Waals surface area (Å²) in [7, 11) is 0. The molecule has 0 atom stereocenters. The van der Waals surface area contributed by atoms with E-state index in [1.807, 2.05) is 0 Å². The topological polar surface area (TPSA) is 49.3 Å². The van der Waals surface area contributed by atoms with Crippen LogP contribution in [0.1, 0.15) is 51.7 Å². The van der Waals surface area contributed by atoms with E-state index in [0.29, 0.717) is 6.54 Å². The molecule has 0 aromatic carbocycles. The first-order valence-electron chi connectivity index (χ1n) is 6.94. The third kappa shape index (κ3) is 6.88. The molecule has 0 aliphatic heterocycles. The zero-order chi connectivity index (χ0) is 14.3. The second-order valence-electron chi connectivity index (χ2n) is 5.50. The van der Waals surface area contributed by atoms with Gasteiger partial charge in [-0.05, 0) is 13.3 Å². The fraction of sp³-hybridized carbons (Fsp3) is 0.714. The van der Waals surface area contributed by atoms with Gasteiger partial charge in [-0.2, -0.15) is 0 Å². The van der Waals surface area contributed by atoms with Crippen molar-refractivity contribution in [3.05, 3.63) is 16.1 Å². The summed E-state index contributed by atoms with van der Waals surface area (Å²) in [5.74, 6) is 0.872. The van der Waals surface area contributed by atoms with Crippen molar-refractivity contribution in [3.8, 4) is 0 Å². The van der Waals surface area contributed by atoms with Gasteiger partial charge in [-0.15, -0.1) is 35.3 Å². The van der Waals surface area contributed by atoms with Crippen LogP contribution in [-0.2, 0) is 12.0 Å². The molecule has 1 heterocycles. The van der Waals surface area contributed by atoms with Crippen LogP contribution in [0.25, 0.3) is 0 Å². The van der Waals surface area contributed by atoms with Crippen LogP contribution in [0.2, 0.25) is 0 Å². The number of aliphatic imine (C=N–C) groups is 1. The number of thiazole rings is 1. The number of rotatable bonds is 5. The quantitative estimate of drug-likeness (QED) is 0.444. The molecule has 116 valence electrons. The lowest BCUT2D eigenvalue weighted by Crippen LogP contribution is -2.37. The number of hydrogen-bond acceptors (Lipinski definition) is 3. The van der Waals surface area contributed by atoms with Crippen LogP contribution in [0, 0.1) is 0 Å². The highest BCUT2D eigenvalue weighted by Crippen LogP contribution is 2.24. The summed E-state index contributed by atoms with van der Waals surface area (Å²) in [6.07, 6.45) is 1.09. The van der Waals surface area contributed by atoms with E-state index < -0.39 is 0 Å². The van der Waals surface area contributed by atoms with Crippen molar-refractivity contribution in [1.29, 1.82) is 0 Å². The van der Waals surface area contributed by atoms with Gasteiger partial charge in [-0.25, -0.2) is 9.98 Å². The van der Waals surface area contributed by atoms with Gasteiger partial charge in [0.2, 0.25) is 0 Å². The van der Waals surface area contributed by atoms with Gasteiger partial charge in [-0.3, -0.25) is 0 Å². The minimum Gasteiger partial charge on any atom is -0.357 e. The lowest BCUT2D eigenvalue weighted by Gasteiger charge is -2.14. The average Bonchev–Trinajstić information content (AvgIpc) is 2.81. The molecule has 0 amide bonds. The van der Waals surface area contributed by atoms with Crippen molar-refractivity contribution in [2.45, 2.75) is 53.0 Å². The van der Waals surface area contributed by atoms with Gasteiger partial charge >= 0.3 is 0 Å². The molecule has 0 aliphatic rings. The first kappa shape index (κ1) is 19.6. The van der Waals surface area contributed by atoms with Crippen molar-refractivity contribution >= 4 is 41.3 Å². The molecule has 6 heteroatoms. The monoisotopic (exact) mass is 410 g/mol. The second-order valence-corrected chi connectivity index (χ2v) is 6.44. The largest absolute Gasteiger partial charge is 0.357 e. The van der Waals surface area contributed by atoms with Crippen LogP contribution in [-0.4, -0.2) is 24.0 Å². The molecule has 0 unspecified atom stereocenters. The van der Waals surface area contributed by atoms with Gasteiger partial charge in [0.05, 0.1) is 12.2 Å². The van der Waals surface area contributed by atoms with E-state index >= 15 is 0 Å². The molecule has 2 N–H and O–H groups in total. The van der Waals surface area contributed by atoms with E-state index in [-0.39, 0.29) is 29.4 Å². The Hall–Kier alpha value is -0.370. The lowest BCUT2D eigenvalue weighted by molar-refractivity contribution is 0.571. The van der Waals surface area contributed by atoms with Crippen LogP contribution < -0.4 is 10.6 Å². The fourth-order valence-corrected chi connectivity index (χ4v) is 2.40. The standard InChI is InChI=1S/C14H26N4S.HI/c1-6-8-16-13(15-7-2)17-9-12-18-11(10-19-12)14(3,4)5;/h10H,6-9H2,1-5H3,(H2,15,16,17);1H. The summed E-state index contributed by atoms with van der Waals surface area (Å²) in [5.41, 5.74) is 1.26. The molecule has 0 spiro atoms. The molecule has 0 aliphatic carbocycles. The third-order valence-corrected chi connectivity index (χ3v) is 3.41. The predicted molar refractivity (Wildman–Crippen MR) is 99.3 cm³/mol. The minimum absolute atomic E-state index is 0. The predicted octanol–water partition coefficient (Wildman–Crippen LogP) is 3.52. The fourth-order valence-electron chi connectivity index (χ4n) is 1.46. The summed E-state index contributed by atoms with van der Waals surface area (Å²) in [4.78, 5) is 9.21. The average molecular weight is 410 g/mol. The summed E-state index contributed by atoms with van der Waals surface area (Å²) in [5, 5.41) is 9.74. The maximum atomic E-state index is 4.65. The van der Waals surface area contributed by atoms with E-state index in [2.05, 4.69) is 60.6 Å². The van der Waals surface area contributed by atoms with Gasteiger partial charge < -0.3 is 10.6 Å². The van der Waals surface area contributed by atoms with Crippen LogP contribution in [0.15, 0.2) is 10.4 Å². The molecule has 0 saturated heterocycles. The van der Waals surface area contributed by atoms with E-state index in [4.69, 9.17) is 0 Å². The molecule has 1 aromatic rings. The highest BCUT2D eigenvalue weighted by Gasteiger charge is 2.17. The Labute approximate surface area is 143 Å². The Morgan fingerprint density at radius 3 is 2.50 bits per heavy atom. The van der Waals surface area contributed by atoms with Gasteiger partial charge in [0, 0.05) is 23.9 Å². The molecule has 4 nitrogen and oxygen atoms in total. The normalized spacial score (nSPS) is 11.9. The zero-order valence-corrected chi connectivity index (χ0v) is 16.3. The molecule has 0 saturated carbocycles. The van der Waals surface area contributed by atoms with Crippen LogP contribution >= 0.6 is 35.3 Å². The number of nitrogens with one attached hydrogen (secondary N) is 2. The molecule has 0 fully saturated rings. The van der Waals surface area contributed by atoms with Crippen molar-refractivity contribution in [1.82, 2.24) is 15.6 Å². The molecular weight excluding hydrogens is 383 g/mol. The molecule has 0 radical (unpaired) electrons. The zero-order valence-electron chi connectivity index (χ0n) is 13.1. The van der Waals surface area contributed by atoms with E-state index in [0.717, 1.165) is 36.2 Å². The number of hydrogen-bond donors (Lipinski definition) is 2. The van der Waals surface area contributed by atoms with Gasteiger partial charge in [0.1, 0.15) is 5.01 Å². The highest BCUT2D eigenvalue weighted by atomic mass is 127. The summed E-state index contributed by atoms with van der Waals surface area (Å²) >= 11 is 1.69. The number of guanidine groups is 1. The number of aromatic nitrogens is 1. The van der Waals surface area contributed by atoms with Crippen LogP contribution in [0.3, 0.4) is 0 Å². The van der Waals surface area contributed by atoms with Crippen LogP contribution in [0.5, 0.6) is 0 Å².